The molecule has 1 aliphatic rings. The molecule has 1 aliphatic carbocycles. The molecule has 24 heavy (non-hydrogen) atoms. The molecule has 1 fully saturated rings. The van der Waals surface area contributed by atoms with Crippen LogP contribution in [0, 0.1) is 26.7 Å². The lowest BCUT2D eigenvalue weighted by Crippen LogP contribution is -2.41. The molecule has 1 N–H and O–H groups in total. The first-order valence-electron chi connectivity index (χ1n) is 9.07. The lowest BCUT2D eigenvalue weighted by atomic mass is 9.86. The van der Waals surface area contributed by atoms with Gasteiger partial charge in [-0.2, -0.15) is 5.10 Å². The van der Waals surface area contributed by atoms with Crippen LogP contribution in [0.2, 0.25) is 0 Å². The molecule has 5 nitrogen and oxygen atoms in total. The topological polar surface area (TPSA) is 59.3 Å². The molecule has 0 aromatic carbocycles. The number of hydrogen-bond acceptors (Lipinski definition) is 3. The molecule has 2 aromatic heterocycles. The molecular weight excluding hydrogens is 300 g/mol. The Labute approximate surface area is 143 Å². The Morgan fingerprint density at radius 1 is 1.29 bits per heavy atom. The average Bonchev–Trinajstić information content (AvgIpc) is 2.90. The standard InChI is InChI=1S/C19H28N4O/c1-12-7-5-6-8-17(12)21-19(24)10-9-16-14(3)20-18-11-13(2)22-23(18)15(16)4/h11-12,17H,5-10H2,1-4H3,(H,21,24)/t12-,17-/m1/s1. The van der Waals surface area contributed by atoms with Crippen LogP contribution in [0.15, 0.2) is 6.07 Å². The van der Waals surface area contributed by atoms with Gasteiger partial charge in [0.25, 0.3) is 0 Å². The Morgan fingerprint density at radius 3 is 2.79 bits per heavy atom. The van der Waals surface area contributed by atoms with Gasteiger partial charge in [0.05, 0.1) is 5.69 Å². The largest absolute Gasteiger partial charge is 0.353 e. The molecule has 0 spiro atoms. The summed E-state index contributed by atoms with van der Waals surface area (Å²) >= 11 is 0. The van der Waals surface area contributed by atoms with Gasteiger partial charge in [-0.05, 0) is 51.5 Å². The highest BCUT2D eigenvalue weighted by atomic mass is 16.1. The molecular formula is C19H28N4O. The number of aromatic nitrogens is 3. The van der Waals surface area contributed by atoms with E-state index in [1.807, 2.05) is 24.4 Å². The third-order valence-corrected chi connectivity index (χ3v) is 5.35. The third-order valence-electron chi connectivity index (χ3n) is 5.35. The fraction of sp³-hybridized carbons (Fsp3) is 0.632. The molecule has 0 unspecified atom stereocenters. The summed E-state index contributed by atoms with van der Waals surface area (Å²) in [6.45, 7) is 8.30. The minimum atomic E-state index is 0.157. The zero-order valence-corrected chi connectivity index (χ0v) is 15.2. The molecule has 5 heteroatoms. The van der Waals surface area contributed by atoms with E-state index in [1.165, 1.54) is 19.3 Å². The second-order valence-corrected chi connectivity index (χ2v) is 7.25. The number of nitrogens with zero attached hydrogens (tertiary/aromatic N) is 3. The number of rotatable bonds is 4. The highest BCUT2D eigenvalue weighted by Gasteiger charge is 2.23. The monoisotopic (exact) mass is 328 g/mol. The van der Waals surface area contributed by atoms with Crippen LogP contribution in [0.25, 0.3) is 5.65 Å². The van der Waals surface area contributed by atoms with Gasteiger partial charge in [-0.3, -0.25) is 4.79 Å². The first-order valence-corrected chi connectivity index (χ1v) is 9.07. The van der Waals surface area contributed by atoms with Gasteiger partial charge in [-0.1, -0.05) is 19.8 Å². The van der Waals surface area contributed by atoms with Gasteiger partial charge < -0.3 is 5.32 Å². The summed E-state index contributed by atoms with van der Waals surface area (Å²) in [7, 11) is 0. The lowest BCUT2D eigenvalue weighted by molar-refractivity contribution is -0.122. The maximum Gasteiger partial charge on any atom is 0.220 e. The van der Waals surface area contributed by atoms with Gasteiger partial charge in [-0.25, -0.2) is 9.50 Å². The quantitative estimate of drug-likeness (QED) is 0.937. The zero-order chi connectivity index (χ0) is 17.3. The minimum Gasteiger partial charge on any atom is -0.353 e. The van der Waals surface area contributed by atoms with Crippen molar-refractivity contribution in [3.8, 4) is 0 Å². The summed E-state index contributed by atoms with van der Waals surface area (Å²) in [5, 5.41) is 7.74. The molecule has 0 radical (unpaired) electrons. The van der Waals surface area contributed by atoms with Crippen LogP contribution in [-0.4, -0.2) is 26.5 Å². The van der Waals surface area contributed by atoms with E-state index < -0.39 is 0 Å². The summed E-state index contributed by atoms with van der Waals surface area (Å²) in [6.07, 6.45) is 6.09. The van der Waals surface area contributed by atoms with E-state index in [9.17, 15) is 4.79 Å². The van der Waals surface area contributed by atoms with E-state index in [-0.39, 0.29) is 5.91 Å². The van der Waals surface area contributed by atoms with Gasteiger partial charge in [0, 0.05) is 29.9 Å². The third kappa shape index (κ3) is 3.45. The number of fused-ring (bicyclic) bond motifs is 1. The van der Waals surface area contributed by atoms with E-state index in [2.05, 4.69) is 29.2 Å². The van der Waals surface area contributed by atoms with Crippen molar-refractivity contribution >= 4 is 11.6 Å². The van der Waals surface area contributed by atoms with Crippen molar-refractivity contribution < 1.29 is 4.79 Å². The van der Waals surface area contributed by atoms with Crippen LogP contribution >= 0.6 is 0 Å². The molecule has 2 heterocycles. The maximum absolute atomic E-state index is 12.4. The van der Waals surface area contributed by atoms with Crippen molar-refractivity contribution in [2.75, 3.05) is 0 Å². The Hall–Kier alpha value is -1.91. The van der Waals surface area contributed by atoms with E-state index in [0.717, 1.165) is 34.7 Å². The second-order valence-electron chi connectivity index (χ2n) is 7.25. The van der Waals surface area contributed by atoms with Crippen LogP contribution in [-0.2, 0) is 11.2 Å². The highest BCUT2D eigenvalue weighted by molar-refractivity contribution is 5.76. The molecule has 0 saturated heterocycles. The summed E-state index contributed by atoms with van der Waals surface area (Å²) in [6, 6.07) is 2.34. The molecule has 0 aliphatic heterocycles. The number of amides is 1. The van der Waals surface area contributed by atoms with Gasteiger partial charge >= 0.3 is 0 Å². The van der Waals surface area contributed by atoms with Gasteiger partial charge in [-0.15, -0.1) is 0 Å². The van der Waals surface area contributed by atoms with E-state index in [1.54, 1.807) is 0 Å². The van der Waals surface area contributed by atoms with Crippen LogP contribution in [0.5, 0.6) is 0 Å². The van der Waals surface area contributed by atoms with Crippen LogP contribution in [0.3, 0.4) is 0 Å². The first-order chi connectivity index (χ1) is 11.5. The van der Waals surface area contributed by atoms with Gasteiger partial charge in [0.2, 0.25) is 5.91 Å². The molecule has 1 saturated carbocycles. The zero-order valence-electron chi connectivity index (χ0n) is 15.2. The Balaban J connectivity index is 1.67. The van der Waals surface area contributed by atoms with Crippen LogP contribution in [0.1, 0.15) is 61.7 Å². The summed E-state index contributed by atoms with van der Waals surface area (Å²) < 4.78 is 1.89. The van der Waals surface area contributed by atoms with Crippen molar-refractivity contribution in [3.63, 3.8) is 0 Å². The van der Waals surface area contributed by atoms with Crippen molar-refractivity contribution in [2.45, 2.75) is 72.3 Å². The fourth-order valence-electron chi connectivity index (χ4n) is 3.85. The number of hydrogen-bond donors (Lipinski definition) is 1. The molecule has 130 valence electrons. The van der Waals surface area contributed by atoms with E-state index in [0.29, 0.717) is 24.8 Å². The second kappa shape index (κ2) is 6.91. The van der Waals surface area contributed by atoms with Crippen LogP contribution < -0.4 is 5.32 Å². The fourth-order valence-corrected chi connectivity index (χ4v) is 3.85. The van der Waals surface area contributed by atoms with Crippen LogP contribution in [0.4, 0.5) is 0 Å². The predicted molar refractivity (Wildman–Crippen MR) is 95.1 cm³/mol. The number of carbonyl (C=O) groups is 1. The predicted octanol–water partition coefficient (Wildman–Crippen LogP) is 3.28. The van der Waals surface area contributed by atoms with E-state index in [4.69, 9.17) is 0 Å². The van der Waals surface area contributed by atoms with Gasteiger partial charge in [0.15, 0.2) is 5.65 Å². The number of nitrogens with one attached hydrogen (secondary N) is 1. The maximum atomic E-state index is 12.4. The summed E-state index contributed by atoms with van der Waals surface area (Å²) in [5.41, 5.74) is 5.07. The number of aryl methyl sites for hydroxylation is 3. The van der Waals surface area contributed by atoms with Crippen molar-refractivity contribution in [2.24, 2.45) is 5.92 Å². The Bertz CT molecular complexity index is 749. The molecule has 2 aromatic rings. The van der Waals surface area contributed by atoms with E-state index >= 15 is 0 Å². The van der Waals surface area contributed by atoms with Crippen molar-refractivity contribution in [1.29, 1.82) is 0 Å². The Kier molecular flexibility index (Phi) is 4.88. The van der Waals surface area contributed by atoms with Crippen molar-refractivity contribution in [3.05, 3.63) is 28.7 Å². The summed E-state index contributed by atoms with van der Waals surface area (Å²) in [5.74, 6) is 0.750. The molecule has 1 amide bonds. The first kappa shape index (κ1) is 16.9. The number of carbonyl (C=O) groups excluding carboxylic acids is 1. The minimum absolute atomic E-state index is 0.157. The SMILES string of the molecule is Cc1cc2nc(C)c(CCC(=O)N[C@@H]3CCCC[C@H]3C)c(C)n2n1. The molecule has 3 rings (SSSR count). The van der Waals surface area contributed by atoms with Crippen molar-refractivity contribution in [1.82, 2.24) is 19.9 Å². The average molecular weight is 328 g/mol. The van der Waals surface area contributed by atoms with Gasteiger partial charge in [0.1, 0.15) is 0 Å². The summed E-state index contributed by atoms with van der Waals surface area (Å²) in [4.78, 5) is 17.0. The molecule has 2 atom stereocenters. The highest BCUT2D eigenvalue weighted by Crippen LogP contribution is 2.24. The Morgan fingerprint density at radius 2 is 2.04 bits per heavy atom. The normalized spacial score (nSPS) is 21.2. The molecule has 0 bridgehead atoms. The lowest BCUT2D eigenvalue weighted by Gasteiger charge is -2.29. The smallest absolute Gasteiger partial charge is 0.220 e.